The molecule has 0 spiro atoms. The molecule has 0 radical (unpaired) electrons. The van der Waals surface area contributed by atoms with Crippen LogP contribution < -0.4 is 5.73 Å². The van der Waals surface area contributed by atoms with Crippen LogP contribution in [0, 0.1) is 5.92 Å². The summed E-state index contributed by atoms with van der Waals surface area (Å²) in [6.45, 7) is 5.31. The van der Waals surface area contributed by atoms with E-state index >= 15 is 0 Å². The summed E-state index contributed by atoms with van der Waals surface area (Å²) in [4.78, 5) is 2.53. The summed E-state index contributed by atoms with van der Waals surface area (Å²) in [6.07, 6.45) is 5.99. The summed E-state index contributed by atoms with van der Waals surface area (Å²) < 4.78 is 10.6. The zero-order valence-corrected chi connectivity index (χ0v) is 12.2. The van der Waals surface area contributed by atoms with Crippen LogP contribution in [0.15, 0.2) is 0 Å². The van der Waals surface area contributed by atoms with Crippen LogP contribution in [0.5, 0.6) is 0 Å². The van der Waals surface area contributed by atoms with Crippen molar-refractivity contribution >= 4 is 0 Å². The molecule has 0 amide bonds. The average Bonchev–Trinajstić information content (AvgIpc) is 2.65. The number of likely N-dealkylation sites (tertiary alicyclic amines) is 1. The Hall–Kier alpha value is -0.160. The van der Waals surface area contributed by atoms with Crippen molar-refractivity contribution in [1.29, 1.82) is 0 Å². The van der Waals surface area contributed by atoms with Crippen molar-refractivity contribution in [2.24, 2.45) is 11.7 Å². The van der Waals surface area contributed by atoms with Crippen LogP contribution in [-0.4, -0.2) is 51.1 Å². The second-order valence-electron chi connectivity index (χ2n) is 5.27. The minimum Gasteiger partial charge on any atom is -0.356 e. The van der Waals surface area contributed by atoms with Crippen molar-refractivity contribution < 1.29 is 9.47 Å². The van der Waals surface area contributed by atoms with Crippen molar-refractivity contribution in [3.8, 4) is 0 Å². The first-order valence-electron chi connectivity index (χ1n) is 7.24. The molecule has 1 aliphatic rings. The third-order valence-corrected chi connectivity index (χ3v) is 4.24. The Labute approximate surface area is 112 Å². The van der Waals surface area contributed by atoms with Gasteiger partial charge in [-0.25, -0.2) is 0 Å². The Balaban J connectivity index is 2.48. The standard InChI is InChI=1S/C14H30N2O2/c1-4-12-6-5-8-16(9-7-12)13(11-15)10-14(17-2)18-3/h12-14H,4-11,15H2,1-3H3. The molecule has 1 heterocycles. The minimum absolute atomic E-state index is 0.135. The van der Waals surface area contributed by atoms with Crippen LogP contribution in [0.25, 0.3) is 0 Å². The molecule has 0 bridgehead atoms. The van der Waals surface area contributed by atoms with Crippen LogP contribution in [0.3, 0.4) is 0 Å². The van der Waals surface area contributed by atoms with Crippen LogP contribution >= 0.6 is 0 Å². The summed E-state index contributed by atoms with van der Waals surface area (Å²) in [6, 6.07) is 0.380. The highest BCUT2D eigenvalue weighted by Gasteiger charge is 2.24. The summed E-state index contributed by atoms with van der Waals surface area (Å²) in [5.41, 5.74) is 5.93. The van der Waals surface area contributed by atoms with Crippen LogP contribution in [0.2, 0.25) is 0 Å². The molecule has 1 rings (SSSR count). The maximum absolute atomic E-state index is 5.93. The average molecular weight is 258 g/mol. The fourth-order valence-corrected chi connectivity index (χ4v) is 2.87. The maximum Gasteiger partial charge on any atom is 0.158 e. The predicted molar refractivity (Wildman–Crippen MR) is 74.5 cm³/mol. The third kappa shape index (κ3) is 4.84. The van der Waals surface area contributed by atoms with Crippen molar-refractivity contribution in [1.82, 2.24) is 4.90 Å². The number of rotatable bonds is 7. The van der Waals surface area contributed by atoms with E-state index in [0.29, 0.717) is 12.6 Å². The summed E-state index contributed by atoms with van der Waals surface area (Å²) in [5.74, 6) is 0.897. The molecule has 2 unspecified atom stereocenters. The van der Waals surface area contributed by atoms with Gasteiger partial charge in [-0.3, -0.25) is 4.90 Å². The lowest BCUT2D eigenvalue weighted by Gasteiger charge is -2.31. The van der Waals surface area contributed by atoms with E-state index in [0.717, 1.165) is 12.3 Å². The number of hydrogen-bond acceptors (Lipinski definition) is 4. The van der Waals surface area contributed by atoms with Gasteiger partial charge in [0.25, 0.3) is 0 Å². The van der Waals surface area contributed by atoms with Crippen molar-refractivity contribution in [2.45, 2.75) is 51.4 Å². The highest BCUT2D eigenvalue weighted by Crippen LogP contribution is 2.22. The Bertz CT molecular complexity index is 210. The summed E-state index contributed by atoms with van der Waals surface area (Å²) >= 11 is 0. The van der Waals surface area contributed by atoms with E-state index < -0.39 is 0 Å². The first-order chi connectivity index (χ1) is 8.74. The van der Waals surface area contributed by atoms with Gasteiger partial charge in [0, 0.05) is 33.2 Å². The molecular weight excluding hydrogens is 228 g/mol. The molecule has 1 saturated heterocycles. The second-order valence-corrected chi connectivity index (χ2v) is 5.27. The van der Waals surface area contributed by atoms with E-state index in [4.69, 9.17) is 15.2 Å². The monoisotopic (exact) mass is 258 g/mol. The number of nitrogens with two attached hydrogens (primary N) is 1. The van der Waals surface area contributed by atoms with E-state index in [2.05, 4.69) is 11.8 Å². The van der Waals surface area contributed by atoms with Gasteiger partial charge in [-0.15, -0.1) is 0 Å². The van der Waals surface area contributed by atoms with Gasteiger partial charge in [0.1, 0.15) is 0 Å². The van der Waals surface area contributed by atoms with Crippen LogP contribution in [0.4, 0.5) is 0 Å². The lowest BCUT2D eigenvalue weighted by Crippen LogP contribution is -2.43. The maximum atomic E-state index is 5.93. The molecule has 0 aromatic heterocycles. The van der Waals surface area contributed by atoms with E-state index in [1.807, 2.05) is 0 Å². The molecule has 4 nitrogen and oxygen atoms in total. The summed E-state index contributed by atoms with van der Waals surface area (Å²) in [5, 5.41) is 0. The fourth-order valence-electron chi connectivity index (χ4n) is 2.87. The van der Waals surface area contributed by atoms with Gasteiger partial charge >= 0.3 is 0 Å². The molecule has 0 aliphatic carbocycles. The molecule has 4 heteroatoms. The molecular formula is C14H30N2O2. The Morgan fingerprint density at radius 1 is 1.22 bits per heavy atom. The van der Waals surface area contributed by atoms with Gasteiger partial charge in [0.05, 0.1) is 0 Å². The zero-order valence-electron chi connectivity index (χ0n) is 12.2. The molecule has 0 aromatic rings. The second kappa shape index (κ2) is 8.86. The van der Waals surface area contributed by atoms with Crippen molar-refractivity contribution in [3.63, 3.8) is 0 Å². The SMILES string of the molecule is CCC1CCCN(C(CN)CC(OC)OC)CC1. The van der Waals surface area contributed by atoms with Gasteiger partial charge in [0.2, 0.25) is 0 Å². The van der Waals surface area contributed by atoms with Gasteiger partial charge < -0.3 is 15.2 Å². The molecule has 2 atom stereocenters. The minimum atomic E-state index is -0.135. The van der Waals surface area contributed by atoms with Gasteiger partial charge in [-0.05, 0) is 38.3 Å². The van der Waals surface area contributed by atoms with Crippen molar-refractivity contribution in [3.05, 3.63) is 0 Å². The Kier molecular flexibility index (Phi) is 7.82. The summed E-state index contributed by atoms with van der Waals surface area (Å²) in [7, 11) is 3.38. The molecule has 0 saturated carbocycles. The van der Waals surface area contributed by atoms with E-state index in [9.17, 15) is 0 Å². The first kappa shape index (κ1) is 15.9. The molecule has 2 N–H and O–H groups in total. The Morgan fingerprint density at radius 3 is 2.50 bits per heavy atom. The number of methoxy groups -OCH3 is 2. The fraction of sp³-hybridized carbons (Fsp3) is 1.00. The molecule has 18 heavy (non-hydrogen) atoms. The Morgan fingerprint density at radius 2 is 1.94 bits per heavy atom. The normalized spacial score (nSPS) is 24.2. The topological polar surface area (TPSA) is 47.7 Å². The largest absolute Gasteiger partial charge is 0.356 e. The lowest BCUT2D eigenvalue weighted by molar-refractivity contribution is -0.116. The molecule has 108 valence electrons. The first-order valence-corrected chi connectivity index (χ1v) is 7.24. The van der Waals surface area contributed by atoms with E-state index in [1.54, 1.807) is 14.2 Å². The van der Waals surface area contributed by atoms with Gasteiger partial charge in [-0.2, -0.15) is 0 Å². The van der Waals surface area contributed by atoms with E-state index in [1.165, 1.54) is 38.8 Å². The number of nitrogens with zero attached hydrogens (tertiary/aromatic N) is 1. The molecule has 1 fully saturated rings. The number of ether oxygens (including phenoxy) is 2. The number of hydrogen-bond donors (Lipinski definition) is 1. The highest BCUT2D eigenvalue weighted by atomic mass is 16.7. The van der Waals surface area contributed by atoms with Crippen molar-refractivity contribution in [2.75, 3.05) is 33.9 Å². The predicted octanol–water partition coefficient (Wildman–Crippen LogP) is 1.83. The zero-order chi connectivity index (χ0) is 13.4. The van der Waals surface area contributed by atoms with Gasteiger partial charge in [0.15, 0.2) is 6.29 Å². The smallest absolute Gasteiger partial charge is 0.158 e. The molecule has 0 aromatic carbocycles. The quantitative estimate of drug-likeness (QED) is 0.708. The van der Waals surface area contributed by atoms with Gasteiger partial charge in [-0.1, -0.05) is 13.3 Å². The third-order valence-electron chi connectivity index (χ3n) is 4.24. The van der Waals surface area contributed by atoms with Crippen LogP contribution in [-0.2, 0) is 9.47 Å². The lowest BCUT2D eigenvalue weighted by atomic mass is 9.98. The highest BCUT2D eigenvalue weighted by molar-refractivity contribution is 4.78. The van der Waals surface area contributed by atoms with E-state index in [-0.39, 0.29) is 6.29 Å². The molecule has 1 aliphatic heterocycles. The van der Waals surface area contributed by atoms with Crippen LogP contribution in [0.1, 0.15) is 39.0 Å².